The molecule has 2 aliphatic heterocycles. The summed E-state index contributed by atoms with van der Waals surface area (Å²) < 4.78 is 41.3. The SMILES string of the molecule is COC(=O)NC1C(=O)C[C@H](O)/C(=C/CS(C)(=S)=S)C2=C1C#C/C=C\C#C[C@@H]2OC1OC(C)C(SC)(C(=O)c2nccc3c2[nH]c2ccc(OC)cc23)C(O)C1OC1CC(OC)C(NC(C)C)CO1. The topological polar surface area (TPSA) is 209 Å². The summed E-state index contributed by atoms with van der Waals surface area (Å²) in [7, 11) is 2.29. The molecule has 68 heavy (non-hydrogen) atoms. The molecule has 3 aromatic rings. The number of aliphatic hydroxyl groups excluding tert-OH is 2. The van der Waals surface area contributed by atoms with Crippen LogP contribution in [-0.2, 0) is 62.7 Å². The molecule has 16 nitrogen and oxygen atoms in total. The number of hydrogen-bond donors (Lipinski definition) is 5. The Morgan fingerprint density at radius 3 is 2.59 bits per heavy atom. The lowest BCUT2D eigenvalue weighted by molar-refractivity contribution is -0.322. The summed E-state index contributed by atoms with van der Waals surface area (Å²) in [5.41, 5.74) is 1.67. The van der Waals surface area contributed by atoms with E-state index in [2.05, 4.69) is 44.3 Å². The minimum atomic E-state index is -2.04. The summed E-state index contributed by atoms with van der Waals surface area (Å²) in [6, 6.07) is 5.86. The molecule has 2 aromatic heterocycles. The first kappa shape index (κ1) is 51.6. The number of benzene rings is 1. The van der Waals surface area contributed by atoms with Gasteiger partial charge in [0.15, 0.2) is 18.4 Å². The Bertz CT molecular complexity index is 2770. The predicted molar refractivity (Wildman–Crippen MR) is 266 cm³/mol. The minimum absolute atomic E-state index is 0.0616. The van der Waals surface area contributed by atoms with E-state index in [1.165, 1.54) is 12.2 Å². The van der Waals surface area contributed by atoms with Crippen molar-refractivity contribution < 1.29 is 57.8 Å². The van der Waals surface area contributed by atoms with Gasteiger partial charge in [0.1, 0.15) is 40.5 Å². The summed E-state index contributed by atoms with van der Waals surface area (Å²) in [5, 5.41) is 32.4. The van der Waals surface area contributed by atoms with Crippen molar-refractivity contribution in [1.82, 2.24) is 20.6 Å². The number of allylic oxidation sites excluding steroid dienone is 2. The van der Waals surface area contributed by atoms with Crippen molar-refractivity contribution >= 4 is 80.8 Å². The predicted octanol–water partition coefficient (Wildman–Crippen LogP) is 3.58. The highest BCUT2D eigenvalue weighted by atomic mass is 33.1. The number of ketones is 2. The number of hydrogen-bond acceptors (Lipinski definition) is 17. The molecular weight excluding hydrogens is 953 g/mol. The van der Waals surface area contributed by atoms with Crippen molar-refractivity contribution in [2.75, 3.05) is 46.2 Å². The fourth-order valence-electron chi connectivity index (χ4n) is 9.05. The highest BCUT2D eigenvalue weighted by Gasteiger charge is 2.61. The lowest BCUT2D eigenvalue weighted by Gasteiger charge is -2.51. The quantitative estimate of drug-likeness (QED) is 0.116. The summed E-state index contributed by atoms with van der Waals surface area (Å²) in [5.74, 6) is 11.6. The first-order valence-electron chi connectivity index (χ1n) is 21.9. The number of pyridine rings is 1. The van der Waals surface area contributed by atoms with E-state index in [1.54, 1.807) is 52.0 Å². The lowest BCUT2D eigenvalue weighted by atomic mass is 9.83. The monoisotopic (exact) mass is 1010 g/mol. The fourth-order valence-corrected chi connectivity index (χ4v) is 11.0. The molecule has 20 heteroatoms. The van der Waals surface area contributed by atoms with Crippen LogP contribution in [0, 0.1) is 23.7 Å². The summed E-state index contributed by atoms with van der Waals surface area (Å²) in [6.45, 7) is 5.88. The van der Waals surface area contributed by atoms with Gasteiger partial charge >= 0.3 is 6.09 Å². The molecule has 1 aromatic carbocycles. The van der Waals surface area contributed by atoms with Crippen molar-refractivity contribution in [2.45, 2.75) is 106 Å². The van der Waals surface area contributed by atoms with E-state index in [1.807, 2.05) is 32.0 Å². The molecule has 0 bridgehead atoms. The number of carbonyl (C=O) groups is 3. The molecular formula is C48H56N4O12S4. The molecule has 364 valence electrons. The standard InChI is InChI=1S/C48H56N4O12S4/c1-25(2)50-33-24-61-38(23-37(33)59-5)64-43-45(56)48(67-7,44(55)42-41-28(17-19-49-42)31-21-27(58-4)15-16-32(31)51-41)26(3)62-46(43)63-36-14-12-10-9-11-13-30-39(36)29(18-20-68(8,65)66)34(53)22-35(54)40(30)52-47(57)60-6/h9-10,15-19,21,25-26,33-34,36-38,40,43,45-46,50-51,53,56H,20,22-24H2,1-8H3,(H,52,57)/b10-9-,29-18-/t26?,33?,34-,36-,37?,38?,40?,43?,45?,46?,48?/m0/s1. The molecule has 4 aliphatic rings. The summed E-state index contributed by atoms with van der Waals surface area (Å²) in [6.07, 6.45) is -1.50. The zero-order valence-corrected chi connectivity index (χ0v) is 42.1. The molecule has 0 spiro atoms. The molecule has 1 amide bonds. The maximum Gasteiger partial charge on any atom is 0.407 e. The molecule has 5 N–H and O–H groups in total. The number of carbonyl (C=O) groups excluding carboxylic acids is 3. The second-order valence-electron chi connectivity index (χ2n) is 17.1. The number of nitrogens with zero attached hydrogens (tertiary/aromatic N) is 1. The molecule has 2 saturated heterocycles. The number of H-pyrrole nitrogens is 1. The Balaban J connectivity index is 1.36. The second kappa shape index (κ2) is 21.8. The fraction of sp³-hybridized carbons (Fsp3) is 0.500. The third-order valence-corrected chi connectivity index (χ3v) is 15.3. The number of nitrogens with one attached hydrogen (secondary N) is 3. The van der Waals surface area contributed by atoms with Gasteiger partial charge in [0.25, 0.3) is 0 Å². The normalized spacial score (nSPS) is 30.8. The maximum atomic E-state index is 15.4. The van der Waals surface area contributed by atoms with E-state index in [4.69, 9.17) is 55.5 Å². The van der Waals surface area contributed by atoms with Crippen LogP contribution in [0.3, 0.4) is 0 Å². The zero-order chi connectivity index (χ0) is 49.1. The van der Waals surface area contributed by atoms with Crippen LogP contribution >= 0.6 is 11.8 Å². The van der Waals surface area contributed by atoms with Crippen LogP contribution in [0.2, 0.25) is 0 Å². The average Bonchev–Trinajstić information content (AvgIpc) is 3.68. The van der Waals surface area contributed by atoms with Crippen molar-refractivity contribution in [2.24, 2.45) is 0 Å². The second-order valence-corrected chi connectivity index (χ2v) is 25.4. The van der Waals surface area contributed by atoms with Crippen LogP contribution < -0.4 is 15.4 Å². The number of amides is 1. The lowest BCUT2D eigenvalue weighted by Crippen LogP contribution is -2.68. The molecule has 2 aliphatic carbocycles. The zero-order valence-electron chi connectivity index (χ0n) is 38.9. The smallest absolute Gasteiger partial charge is 0.407 e. The Labute approximate surface area is 409 Å². The van der Waals surface area contributed by atoms with Crippen molar-refractivity contribution in [3.05, 3.63) is 71.1 Å². The van der Waals surface area contributed by atoms with Gasteiger partial charge in [0.2, 0.25) is 5.78 Å². The van der Waals surface area contributed by atoms with Gasteiger partial charge < -0.3 is 59.0 Å². The Kier molecular flexibility index (Phi) is 16.5. The van der Waals surface area contributed by atoms with Gasteiger partial charge in [-0.2, -0.15) is 0 Å². The largest absolute Gasteiger partial charge is 0.497 e. The number of methoxy groups -OCH3 is 3. The molecule has 11 atom stereocenters. The van der Waals surface area contributed by atoms with E-state index >= 15 is 4.79 Å². The average molecular weight is 1010 g/mol. The Hall–Kier alpha value is -4.26. The molecule has 0 saturated carbocycles. The number of Topliss-reactive ketones (excluding diaryl/α,β-unsaturated/α-hetero) is 2. The number of rotatable bonds is 14. The van der Waals surface area contributed by atoms with Crippen LogP contribution in [0.25, 0.3) is 21.8 Å². The van der Waals surface area contributed by atoms with Crippen molar-refractivity contribution in [1.29, 1.82) is 0 Å². The van der Waals surface area contributed by atoms with E-state index in [0.717, 1.165) is 29.8 Å². The number of fused-ring (bicyclic) bond motifs is 3. The number of ether oxygens (including phenoxy) is 7. The van der Waals surface area contributed by atoms with Gasteiger partial charge in [-0.3, -0.25) is 14.6 Å². The first-order chi connectivity index (χ1) is 32.4. The van der Waals surface area contributed by atoms with Gasteiger partial charge in [-0.05, 0) is 83.8 Å². The third kappa shape index (κ3) is 10.7. The number of alkyl carbamates (subject to hydrolysis) is 1. The van der Waals surface area contributed by atoms with E-state index in [0.29, 0.717) is 16.7 Å². The van der Waals surface area contributed by atoms with E-state index < -0.39 is 85.1 Å². The van der Waals surface area contributed by atoms with Crippen molar-refractivity contribution in [3.8, 4) is 29.4 Å². The minimum Gasteiger partial charge on any atom is -0.497 e. The van der Waals surface area contributed by atoms with Gasteiger partial charge in [-0.25, -0.2) is 4.79 Å². The number of aliphatic hydroxyl groups is 2. The van der Waals surface area contributed by atoms with Gasteiger partial charge in [-0.1, -0.05) is 50.8 Å². The highest BCUT2D eigenvalue weighted by Crippen LogP contribution is 2.46. The van der Waals surface area contributed by atoms with E-state index in [-0.39, 0.29) is 59.4 Å². The van der Waals surface area contributed by atoms with Crippen LogP contribution in [0.4, 0.5) is 4.79 Å². The summed E-state index contributed by atoms with van der Waals surface area (Å²) >= 11 is 12.3. The first-order valence-corrected chi connectivity index (χ1v) is 27.2. The highest BCUT2D eigenvalue weighted by molar-refractivity contribution is 8.56. The van der Waals surface area contributed by atoms with Crippen molar-refractivity contribution in [3.63, 3.8) is 0 Å². The summed E-state index contributed by atoms with van der Waals surface area (Å²) in [4.78, 5) is 50.1. The number of thioether (sulfide) groups is 1. The Morgan fingerprint density at radius 2 is 1.90 bits per heavy atom. The number of aromatic nitrogens is 2. The molecule has 4 heterocycles. The molecule has 2 fully saturated rings. The van der Waals surface area contributed by atoms with Gasteiger partial charge in [0.05, 0.1) is 50.7 Å². The van der Waals surface area contributed by atoms with Crippen LogP contribution in [0.15, 0.2) is 65.4 Å². The van der Waals surface area contributed by atoms with Crippen LogP contribution in [0.5, 0.6) is 5.75 Å². The van der Waals surface area contributed by atoms with Gasteiger partial charge in [-0.15, -0.1) is 11.8 Å². The van der Waals surface area contributed by atoms with Crippen LogP contribution in [0.1, 0.15) is 44.1 Å². The van der Waals surface area contributed by atoms with Gasteiger partial charge in [0, 0.05) is 65.4 Å². The van der Waals surface area contributed by atoms with E-state index in [9.17, 15) is 19.8 Å². The number of aromatic amines is 1. The molecule has 7 rings (SSSR count). The van der Waals surface area contributed by atoms with Crippen LogP contribution in [-0.4, -0.2) is 156 Å². The maximum absolute atomic E-state index is 15.4. The third-order valence-electron chi connectivity index (χ3n) is 12.3. The molecule has 0 radical (unpaired) electrons. The Morgan fingerprint density at radius 1 is 1.13 bits per heavy atom. The molecule has 9 unspecified atom stereocenters.